The van der Waals surface area contributed by atoms with E-state index in [1.165, 1.54) is 13.0 Å². The molecule has 15 heavy (non-hydrogen) atoms. The van der Waals surface area contributed by atoms with Crippen LogP contribution in [0, 0.1) is 0 Å². The number of fused-ring (bicyclic) bond motifs is 1. The Labute approximate surface area is 88.1 Å². The highest BCUT2D eigenvalue weighted by Crippen LogP contribution is 2.22. The molecule has 0 saturated heterocycles. The summed E-state index contributed by atoms with van der Waals surface area (Å²) in [6, 6.07) is 3.09. The molecule has 4 nitrogen and oxygen atoms in total. The van der Waals surface area contributed by atoms with Gasteiger partial charge in [-0.1, -0.05) is 0 Å². The van der Waals surface area contributed by atoms with E-state index in [0.29, 0.717) is 12.1 Å². The van der Waals surface area contributed by atoms with E-state index in [-0.39, 0.29) is 11.3 Å². The number of anilines is 1. The SMILES string of the molecule is CC(=O)c1ccc(=O)n2c1N(C)CCC2. The molecular formula is C11H14N2O2. The minimum absolute atomic E-state index is 0.00694. The maximum atomic E-state index is 11.6. The molecule has 1 aromatic heterocycles. The van der Waals surface area contributed by atoms with Crippen molar-refractivity contribution in [3.05, 3.63) is 28.0 Å². The summed E-state index contributed by atoms with van der Waals surface area (Å²) in [5.41, 5.74) is 0.610. The smallest absolute Gasteiger partial charge is 0.252 e. The van der Waals surface area contributed by atoms with Crippen LogP contribution in [0.5, 0.6) is 0 Å². The summed E-state index contributed by atoms with van der Waals surface area (Å²) in [6.07, 6.45) is 0.949. The van der Waals surface area contributed by atoms with Crippen molar-refractivity contribution in [3.8, 4) is 0 Å². The molecule has 0 atom stereocenters. The number of aromatic nitrogens is 1. The van der Waals surface area contributed by atoms with E-state index in [0.717, 1.165) is 18.8 Å². The molecule has 0 radical (unpaired) electrons. The van der Waals surface area contributed by atoms with Gasteiger partial charge in [0.15, 0.2) is 5.78 Å². The fourth-order valence-electron chi connectivity index (χ4n) is 2.04. The predicted octanol–water partition coefficient (Wildman–Crippen LogP) is 0.891. The van der Waals surface area contributed by atoms with Gasteiger partial charge in [0, 0.05) is 26.2 Å². The number of hydrogen-bond acceptors (Lipinski definition) is 3. The van der Waals surface area contributed by atoms with E-state index in [1.807, 2.05) is 11.9 Å². The molecule has 0 bridgehead atoms. The Morgan fingerprint density at radius 1 is 1.33 bits per heavy atom. The molecule has 4 heteroatoms. The first-order valence-electron chi connectivity index (χ1n) is 5.07. The van der Waals surface area contributed by atoms with Gasteiger partial charge in [-0.05, 0) is 19.4 Å². The third-order valence-electron chi connectivity index (χ3n) is 2.77. The van der Waals surface area contributed by atoms with Crippen molar-refractivity contribution in [3.63, 3.8) is 0 Å². The maximum Gasteiger partial charge on any atom is 0.252 e. The van der Waals surface area contributed by atoms with Crippen molar-refractivity contribution in [2.75, 3.05) is 18.5 Å². The fraction of sp³-hybridized carbons (Fsp3) is 0.455. The van der Waals surface area contributed by atoms with E-state index >= 15 is 0 Å². The molecule has 0 aromatic carbocycles. The Bertz CT molecular complexity index is 462. The van der Waals surface area contributed by atoms with Crippen LogP contribution >= 0.6 is 0 Å². The lowest BCUT2D eigenvalue weighted by Gasteiger charge is -2.30. The second kappa shape index (κ2) is 3.53. The van der Waals surface area contributed by atoms with Gasteiger partial charge in [0.05, 0.1) is 5.56 Å². The Hall–Kier alpha value is -1.58. The average molecular weight is 206 g/mol. The summed E-state index contributed by atoms with van der Waals surface area (Å²) in [5, 5.41) is 0. The Morgan fingerprint density at radius 3 is 2.73 bits per heavy atom. The molecule has 0 aliphatic carbocycles. The monoisotopic (exact) mass is 206 g/mol. The summed E-state index contributed by atoms with van der Waals surface area (Å²) in [5.74, 6) is 0.772. The first-order chi connectivity index (χ1) is 7.11. The van der Waals surface area contributed by atoms with Gasteiger partial charge in [0.1, 0.15) is 5.82 Å². The number of Topliss-reactive ketones (excluding diaryl/α,β-unsaturated/α-hetero) is 1. The average Bonchev–Trinajstić information content (AvgIpc) is 2.19. The fourth-order valence-corrected chi connectivity index (χ4v) is 2.04. The van der Waals surface area contributed by atoms with Crippen molar-refractivity contribution >= 4 is 11.6 Å². The third kappa shape index (κ3) is 1.56. The zero-order chi connectivity index (χ0) is 11.0. The largest absolute Gasteiger partial charge is 0.360 e. The molecule has 1 aliphatic heterocycles. The van der Waals surface area contributed by atoms with Crippen molar-refractivity contribution in [1.82, 2.24) is 4.57 Å². The van der Waals surface area contributed by atoms with E-state index in [4.69, 9.17) is 0 Å². The third-order valence-corrected chi connectivity index (χ3v) is 2.77. The van der Waals surface area contributed by atoms with Gasteiger partial charge in [-0.25, -0.2) is 0 Å². The minimum Gasteiger partial charge on any atom is -0.360 e. The van der Waals surface area contributed by atoms with Crippen molar-refractivity contribution in [2.24, 2.45) is 0 Å². The van der Waals surface area contributed by atoms with Crippen molar-refractivity contribution < 1.29 is 4.79 Å². The lowest BCUT2D eigenvalue weighted by atomic mass is 10.1. The quantitative estimate of drug-likeness (QED) is 0.641. The number of carbonyl (C=O) groups is 1. The lowest BCUT2D eigenvalue weighted by Crippen LogP contribution is -2.36. The second-order valence-electron chi connectivity index (χ2n) is 3.89. The van der Waals surface area contributed by atoms with Crippen LogP contribution in [0.25, 0.3) is 0 Å². The van der Waals surface area contributed by atoms with Crippen LogP contribution in [0.3, 0.4) is 0 Å². The Morgan fingerprint density at radius 2 is 2.07 bits per heavy atom. The summed E-state index contributed by atoms with van der Waals surface area (Å²) >= 11 is 0. The van der Waals surface area contributed by atoms with Gasteiger partial charge in [-0.3, -0.25) is 14.2 Å². The normalized spacial score (nSPS) is 14.9. The topological polar surface area (TPSA) is 42.3 Å². The molecule has 1 aliphatic rings. The molecule has 0 fully saturated rings. The number of pyridine rings is 1. The Kier molecular flexibility index (Phi) is 2.34. The maximum absolute atomic E-state index is 11.6. The zero-order valence-corrected chi connectivity index (χ0v) is 8.99. The van der Waals surface area contributed by atoms with Gasteiger partial charge < -0.3 is 4.90 Å². The van der Waals surface area contributed by atoms with Crippen LogP contribution in [0.4, 0.5) is 5.82 Å². The molecule has 0 spiro atoms. The van der Waals surface area contributed by atoms with E-state index in [1.54, 1.807) is 10.6 Å². The van der Waals surface area contributed by atoms with Gasteiger partial charge in [-0.2, -0.15) is 0 Å². The molecule has 2 rings (SSSR count). The standard InChI is InChI=1S/C11H14N2O2/c1-8(14)9-4-5-10(15)13-7-3-6-12(2)11(9)13/h4-5H,3,6-7H2,1-2H3. The number of ketones is 1. The molecule has 1 aromatic rings. The summed E-state index contributed by atoms with van der Waals surface area (Å²) < 4.78 is 1.68. The zero-order valence-electron chi connectivity index (χ0n) is 8.99. The van der Waals surface area contributed by atoms with Crippen LogP contribution in [0.2, 0.25) is 0 Å². The van der Waals surface area contributed by atoms with E-state index < -0.39 is 0 Å². The predicted molar refractivity (Wildman–Crippen MR) is 58.6 cm³/mol. The molecule has 0 amide bonds. The number of rotatable bonds is 1. The highest BCUT2D eigenvalue weighted by Gasteiger charge is 2.20. The van der Waals surface area contributed by atoms with Gasteiger partial charge in [0.25, 0.3) is 5.56 Å². The van der Waals surface area contributed by atoms with Gasteiger partial charge in [-0.15, -0.1) is 0 Å². The molecular weight excluding hydrogens is 192 g/mol. The van der Waals surface area contributed by atoms with E-state index in [2.05, 4.69) is 0 Å². The lowest BCUT2D eigenvalue weighted by molar-refractivity contribution is 0.101. The first kappa shape index (κ1) is 9.96. The molecule has 2 heterocycles. The van der Waals surface area contributed by atoms with Crippen LogP contribution in [0.1, 0.15) is 23.7 Å². The molecule has 0 saturated carbocycles. The van der Waals surface area contributed by atoms with Crippen LogP contribution in [0.15, 0.2) is 16.9 Å². The highest BCUT2D eigenvalue weighted by atomic mass is 16.1. The molecule has 0 unspecified atom stereocenters. The number of carbonyl (C=O) groups excluding carboxylic acids is 1. The van der Waals surface area contributed by atoms with Crippen LogP contribution < -0.4 is 10.5 Å². The van der Waals surface area contributed by atoms with Crippen molar-refractivity contribution in [2.45, 2.75) is 19.9 Å². The summed E-state index contributed by atoms with van der Waals surface area (Å²) in [6.45, 7) is 3.13. The van der Waals surface area contributed by atoms with Gasteiger partial charge >= 0.3 is 0 Å². The van der Waals surface area contributed by atoms with Crippen molar-refractivity contribution in [1.29, 1.82) is 0 Å². The Balaban J connectivity index is 2.70. The first-order valence-corrected chi connectivity index (χ1v) is 5.07. The van der Waals surface area contributed by atoms with Crippen LogP contribution in [-0.4, -0.2) is 23.9 Å². The summed E-state index contributed by atoms with van der Waals surface area (Å²) in [7, 11) is 1.91. The van der Waals surface area contributed by atoms with Crippen LogP contribution in [-0.2, 0) is 6.54 Å². The summed E-state index contributed by atoms with van der Waals surface area (Å²) in [4.78, 5) is 25.0. The molecule has 0 N–H and O–H groups in total. The van der Waals surface area contributed by atoms with E-state index in [9.17, 15) is 9.59 Å². The second-order valence-corrected chi connectivity index (χ2v) is 3.89. The number of hydrogen-bond donors (Lipinski definition) is 0. The minimum atomic E-state index is -0.0263. The highest BCUT2D eigenvalue weighted by molar-refractivity contribution is 5.98. The number of nitrogens with zero attached hydrogens (tertiary/aromatic N) is 2. The van der Waals surface area contributed by atoms with Gasteiger partial charge in [0.2, 0.25) is 0 Å². The molecule has 80 valence electrons.